The summed E-state index contributed by atoms with van der Waals surface area (Å²) >= 11 is 9.41. The molecule has 17 heavy (non-hydrogen) atoms. The van der Waals surface area contributed by atoms with Crippen LogP contribution in [-0.4, -0.2) is 4.98 Å². The highest BCUT2D eigenvalue weighted by Gasteiger charge is 2.11. The molecule has 0 radical (unpaired) electrons. The number of aromatic nitrogens is 1. The van der Waals surface area contributed by atoms with E-state index in [2.05, 4.69) is 27.0 Å². The van der Waals surface area contributed by atoms with Gasteiger partial charge in [-0.05, 0) is 30.2 Å². The van der Waals surface area contributed by atoms with Crippen molar-refractivity contribution in [2.75, 3.05) is 0 Å². The molecule has 0 aliphatic heterocycles. The number of benzene rings is 1. The van der Waals surface area contributed by atoms with E-state index >= 15 is 0 Å². The maximum absolute atomic E-state index is 9.12. The van der Waals surface area contributed by atoms with Crippen LogP contribution in [0.4, 0.5) is 0 Å². The summed E-state index contributed by atoms with van der Waals surface area (Å²) in [4.78, 5) is 3.91. The SMILES string of the molecule is Cc1ccc(-c2ccnc(Cl)c2C#N)c(Br)c1. The zero-order valence-corrected chi connectivity index (χ0v) is 11.4. The summed E-state index contributed by atoms with van der Waals surface area (Å²) in [6.45, 7) is 2.01. The summed E-state index contributed by atoms with van der Waals surface area (Å²) < 4.78 is 0.941. The van der Waals surface area contributed by atoms with E-state index in [0.29, 0.717) is 5.56 Å². The van der Waals surface area contributed by atoms with Gasteiger partial charge in [-0.25, -0.2) is 4.98 Å². The van der Waals surface area contributed by atoms with E-state index in [0.717, 1.165) is 21.2 Å². The molecule has 0 saturated heterocycles. The van der Waals surface area contributed by atoms with Crippen molar-refractivity contribution < 1.29 is 0 Å². The summed E-state index contributed by atoms with van der Waals surface area (Å²) in [6.07, 6.45) is 1.60. The standard InChI is InChI=1S/C13H8BrClN2/c1-8-2-3-10(12(14)6-8)9-4-5-17-13(15)11(9)7-16/h2-6H,1H3. The van der Waals surface area contributed by atoms with Crippen molar-refractivity contribution in [2.45, 2.75) is 6.92 Å². The number of halogens is 2. The molecule has 0 N–H and O–H groups in total. The highest BCUT2D eigenvalue weighted by atomic mass is 79.9. The first-order valence-electron chi connectivity index (χ1n) is 4.94. The Morgan fingerprint density at radius 3 is 2.71 bits per heavy atom. The van der Waals surface area contributed by atoms with Crippen LogP contribution in [0.1, 0.15) is 11.1 Å². The maximum atomic E-state index is 9.12. The second kappa shape index (κ2) is 4.87. The van der Waals surface area contributed by atoms with Gasteiger partial charge in [-0.2, -0.15) is 5.26 Å². The lowest BCUT2D eigenvalue weighted by atomic mass is 10.0. The van der Waals surface area contributed by atoms with Crippen LogP contribution in [0.2, 0.25) is 5.15 Å². The van der Waals surface area contributed by atoms with Gasteiger partial charge in [-0.3, -0.25) is 0 Å². The van der Waals surface area contributed by atoms with E-state index < -0.39 is 0 Å². The number of nitriles is 1. The second-order valence-electron chi connectivity index (χ2n) is 3.62. The van der Waals surface area contributed by atoms with Crippen LogP contribution < -0.4 is 0 Å². The molecule has 1 aromatic heterocycles. The zero-order chi connectivity index (χ0) is 12.4. The van der Waals surface area contributed by atoms with E-state index in [9.17, 15) is 0 Å². The van der Waals surface area contributed by atoms with Crippen molar-refractivity contribution in [3.05, 3.63) is 51.2 Å². The average Bonchev–Trinajstić information content (AvgIpc) is 2.29. The molecule has 0 saturated carbocycles. The number of pyridine rings is 1. The molecule has 1 heterocycles. The third kappa shape index (κ3) is 2.33. The molecule has 0 spiro atoms. The van der Waals surface area contributed by atoms with Crippen molar-refractivity contribution in [1.29, 1.82) is 5.26 Å². The molecule has 0 atom stereocenters. The lowest BCUT2D eigenvalue weighted by Crippen LogP contribution is -1.89. The summed E-state index contributed by atoms with van der Waals surface area (Å²) in [5, 5.41) is 9.35. The predicted molar refractivity (Wildman–Crippen MR) is 71.8 cm³/mol. The number of rotatable bonds is 1. The molecule has 2 rings (SSSR count). The maximum Gasteiger partial charge on any atom is 0.147 e. The molecule has 1 aromatic carbocycles. The Hall–Kier alpha value is -1.37. The van der Waals surface area contributed by atoms with Gasteiger partial charge in [0.05, 0.1) is 5.56 Å². The third-order valence-electron chi connectivity index (χ3n) is 2.43. The fourth-order valence-corrected chi connectivity index (χ4v) is 2.51. The van der Waals surface area contributed by atoms with Crippen LogP contribution in [0.15, 0.2) is 34.9 Å². The first-order chi connectivity index (χ1) is 8.13. The fourth-order valence-electron chi connectivity index (χ4n) is 1.61. The molecule has 0 amide bonds. The molecule has 0 unspecified atom stereocenters. The van der Waals surface area contributed by atoms with Gasteiger partial charge in [0.2, 0.25) is 0 Å². The number of nitrogens with zero attached hydrogens (tertiary/aromatic N) is 2. The van der Waals surface area contributed by atoms with Gasteiger partial charge in [0, 0.05) is 16.2 Å². The Bertz CT molecular complexity index is 617. The van der Waals surface area contributed by atoms with Crippen LogP contribution >= 0.6 is 27.5 Å². The lowest BCUT2D eigenvalue weighted by molar-refractivity contribution is 1.30. The molecule has 84 valence electrons. The molecule has 2 aromatic rings. The van der Waals surface area contributed by atoms with Crippen LogP contribution in [0.5, 0.6) is 0 Å². The monoisotopic (exact) mass is 306 g/mol. The quantitative estimate of drug-likeness (QED) is 0.735. The highest BCUT2D eigenvalue weighted by molar-refractivity contribution is 9.10. The Balaban J connectivity index is 2.69. The van der Waals surface area contributed by atoms with Crippen molar-refractivity contribution in [3.8, 4) is 17.2 Å². The first kappa shape index (κ1) is 12.1. The smallest absolute Gasteiger partial charge is 0.147 e. The molecule has 0 bridgehead atoms. The van der Waals surface area contributed by atoms with Gasteiger partial charge >= 0.3 is 0 Å². The summed E-state index contributed by atoms with van der Waals surface area (Å²) in [6, 6.07) is 9.85. The van der Waals surface area contributed by atoms with Crippen LogP contribution in [0.3, 0.4) is 0 Å². The minimum absolute atomic E-state index is 0.234. The lowest BCUT2D eigenvalue weighted by Gasteiger charge is -2.08. The molecule has 4 heteroatoms. The van der Waals surface area contributed by atoms with Gasteiger partial charge in [-0.15, -0.1) is 0 Å². The van der Waals surface area contributed by atoms with Crippen molar-refractivity contribution in [3.63, 3.8) is 0 Å². The largest absolute Gasteiger partial charge is 0.243 e. The number of hydrogen-bond donors (Lipinski definition) is 0. The van der Waals surface area contributed by atoms with Gasteiger partial charge < -0.3 is 0 Å². The van der Waals surface area contributed by atoms with E-state index in [4.69, 9.17) is 16.9 Å². The average molecular weight is 308 g/mol. The zero-order valence-electron chi connectivity index (χ0n) is 9.04. The topological polar surface area (TPSA) is 36.7 Å². The van der Waals surface area contributed by atoms with Gasteiger partial charge in [0.1, 0.15) is 11.2 Å². The highest BCUT2D eigenvalue weighted by Crippen LogP contribution is 2.33. The molecule has 0 fully saturated rings. The summed E-state index contributed by atoms with van der Waals surface area (Å²) in [5.74, 6) is 0. The molecular formula is C13H8BrClN2. The second-order valence-corrected chi connectivity index (χ2v) is 4.83. The molecule has 0 aliphatic rings. The van der Waals surface area contributed by atoms with Gasteiger partial charge in [-0.1, -0.05) is 39.7 Å². The van der Waals surface area contributed by atoms with Crippen molar-refractivity contribution in [1.82, 2.24) is 4.98 Å². The van der Waals surface area contributed by atoms with Crippen molar-refractivity contribution in [2.24, 2.45) is 0 Å². The Labute approximate surface area is 113 Å². The van der Waals surface area contributed by atoms with E-state index in [-0.39, 0.29) is 5.15 Å². The number of hydrogen-bond acceptors (Lipinski definition) is 2. The summed E-state index contributed by atoms with van der Waals surface area (Å²) in [7, 11) is 0. The Kier molecular flexibility index (Phi) is 3.46. The molecular weight excluding hydrogens is 300 g/mol. The van der Waals surface area contributed by atoms with E-state index in [1.807, 2.05) is 25.1 Å². The fraction of sp³-hybridized carbons (Fsp3) is 0.0769. The minimum atomic E-state index is 0.234. The normalized spacial score (nSPS) is 10.0. The Morgan fingerprint density at radius 2 is 2.06 bits per heavy atom. The summed E-state index contributed by atoms with van der Waals surface area (Å²) in [5.41, 5.74) is 3.29. The third-order valence-corrected chi connectivity index (χ3v) is 3.37. The van der Waals surface area contributed by atoms with Crippen LogP contribution in [0, 0.1) is 18.3 Å². The first-order valence-corrected chi connectivity index (χ1v) is 6.11. The van der Waals surface area contributed by atoms with Crippen LogP contribution in [-0.2, 0) is 0 Å². The van der Waals surface area contributed by atoms with Gasteiger partial charge in [0.15, 0.2) is 0 Å². The predicted octanol–water partition coefficient (Wildman–Crippen LogP) is 4.34. The van der Waals surface area contributed by atoms with Crippen molar-refractivity contribution >= 4 is 27.5 Å². The minimum Gasteiger partial charge on any atom is -0.243 e. The number of aryl methyl sites for hydroxylation is 1. The van der Waals surface area contributed by atoms with E-state index in [1.165, 1.54) is 0 Å². The van der Waals surface area contributed by atoms with Crippen LogP contribution in [0.25, 0.3) is 11.1 Å². The van der Waals surface area contributed by atoms with Gasteiger partial charge in [0.25, 0.3) is 0 Å². The molecule has 0 aliphatic carbocycles. The molecule has 2 nitrogen and oxygen atoms in total. The Morgan fingerprint density at radius 1 is 1.29 bits per heavy atom. The van der Waals surface area contributed by atoms with E-state index in [1.54, 1.807) is 12.3 Å².